The Morgan fingerprint density at radius 3 is 1.76 bits per heavy atom. The summed E-state index contributed by atoms with van der Waals surface area (Å²) in [6, 6.07) is 5.39. The molecule has 0 aliphatic rings. The first-order chi connectivity index (χ1) is 13.1. The lowest BCUT2D eigenvalue weighted by molar-refractivity contribution is -0.348. The first-order valence-electron chi connectivity index (χ1n) is 7.28. The van der Waals surface area contributed by atoms with Gasteiger partial charge in [-0.1, -0.05) is 34.1 Å². The molecule has 12 heteroatoms. The zero-order valence-corrected chi connectivity index (χ0v) is 15.2. The minimum Gasteiger partial charge on any atom is -0.218 e. The third-order valence-corrected chi connectivity index (χ3v) is 4.51. The van der Waals surface area contributed by atoms with Crippen LogP contribution in [0.5, 0.6) is 0 Å². The number of hydrogen-bond donors (Lipinski definition) is 0. The molecule has 0 amide bonds. The number of alkyl halides is 10. The van der Waals surface area contributed by atoms with E-state index in [2.05, 4.69) is 15.9 Å². The number of nitriles is 1. The van der Waals surface area contributed by atoms with E-state index in [0.29, 0.717) is 0 Å². The number of benzene rings is 2. The van der Waals surface area contributed by atoms with Crippen molar-refractivity contribution >= 4 is 15.9 Å². The Bertz CT molecular complexity index is 952. The molecule has 0 bridgehead atoms. The average molecular weight is 494 g/mol. The summed E-state index contributed by atoms with van der Waals surface area (Å²) in [5, 5.41) is 9.08. The highest BCUT2D eigenvalue weighted by Gasteiger charge is 2.74. The maximum absolute atomic E-state index is 14.7. The first kappa shape index (κ1) is 23.0. The van der Waals surface area contributed by atoms with Crippen LogP contribution in [0.2, 0.25) is 0 Å². The fourth-order valence-electron chi connectivity index (χ4n) is 2.58. The molecular formula is C17H6BrF10N. The summed E-state index contributed by atoms with van der Waals surface area (Å²) in [4.78, 5) is 0. The van der Waals surface area contributed by atoms with Crippen LogP contribution in [0.1, 0.15) is 16.7 Å². The highest BCUT2D eigenvalue weighted by atomic mass is 79.9. The van der Waals surface area contributed by atoms with Crippen molar-refractivity contribution in [2.24, 2.45) is 0 Å². The fraction of sp³-hybridized carbons (Fsp3) is 0.235. The standard InChI is InChI=1S/C17H6BrF10N/c18-12-6-9(15(20,21)22)5-11(14(19,16(23,24)25)17(26,27)28)13(12)10-4-2-1-3-8(10)7-29/h1-6H. The molecule has 0 radical (unpaired) electrons. The number of hydrogen-bond acceptors (Lipinski definition) is 1. The largest absolute Gasteiger partial charge is 0.435 e. The topological polar surface area (TPSA) is 23.8 Å². The lowest BCUT2D eigenvalue weighted by Crippen LogP contribution is -2.50. The van der Waals surface area contributed by atoms with Crippen LogP contribution in [-0.4, -0.2) is 12.4 Å². The van der Waals surface area contributed by atoms with Gasteiger partial charge in [0.15, 0.2) is 0 Å². The first-order valence-corrected chi connectivity index (χ1v) is 8.08. The summed E-state index contributed by atoms with van der Waals surface area (Å²) in [5.74, 6) is 0. The molecule has 2 aromatic rings. The van der Waals surface area contributed by atoms with Crippen molar-refractivity contribution in [3.63, 3.8) is 0 Å². The minimum absolute atomic E-state index is 0.208. The fourth-order valence-corrected chi connectivity index (χ4v) is 3.25. The molecule has 0 aromatic heterocycles. The van der Waals surface area contributed by atoms with Gasteiger partial charge in [0.05, 0.1) is 17.2 Å². The van der Waals surface area contributed by atoms with Gasteiger partial charge in [-0.15, -0.1) is 0 Å². The molecule has 29 heavy (non-hydrogen) atoms. The molecule has 0 spiro atoms. The Kier molecular flexibility index (Phi) is 5.70. The summed E-state index contributed by atoms with van der Waals surface area (Å²) in [6.07, 6.45) is -18.7. The predicted octanol–water partition coefficient (Wildman–Crippen LogP) is 7.30. The number of nitrogens with zero attached hydrogens (tertiary/aromatic N) is 1. The quantitative estimate of drug-likeness (QED) is 0.403. The van der Waals surface area contributed by atoms with E-state index in [4.69, 9.17) is 5.26 Å². The van der Waals surface area contributed by atoms with E-state index in [0.717, 1.165) is 18.2 Å². The Balaban J connectivity index is 3.10. The van der Waals surface area contributed by atoms with Gasteiger partial charge < -0.3 is 0 Å². The summed E-state index contributed by atoms with van der Waals surface area (Å²) in [7, 11) is 0. The zero-order chi connectivity index (χ0) is 22.4. The number of rotatable bonds is 2. The van der Waals surface area contributed by atoms with E-state index in [1.807, 2.05) is 0 Å². The molecular weight excluding hydrogens is 488 g/mol. The zero-order valence-electron chi connectivity index (χ0n) is 13.6. The average Bonchev–Trinajstić information content (AvgIpc) is 2.57. The number of halogens is 11. The predicted molar refractivity (Wildman–Crippen MR) is 84.2 cm³/mol. The van der Waals surface area contributed by atoms with E-state index in [1.54, 1.807) is 0 Å². The molecule has 1 nitrogen and oxygen atoms in total. The molecule has 2 rings (SSSR count). The van der Waals surface area contributed by atoms with Crippen molar-refractivity contribution in [1.82, 2.24) is 0 Å². The molecule has 0 saturated heterocycles. The van der Waals surface area contributed by atoms with Crippen LogP contribution in [-0.2, 0) is 11.8 Å². The van der Waals surface area contributed by atoms with Crippen LogP contribution >= 0.6 is 15.9 Å². The maximum Gasteiger partial charge on any atom is 0.435 e. The van der Waals surface area contributed by atoms with Crippen molar-refractivity contribution < 1.29 is 43.9 Å². The highest BCUT2D eigenvalue weighted by molar-refractivity contribution is 9.10. The SMILES string of the molecule is N#Cc1ccccc1-c1c(Br)cc(C(F)(F)F)cc1C(F)(C(F)(F)F)C(F)(F)F. The van der Waals surface area contributed by atoms with Crippen molar-refractivity contribution in [2.45, 2.75) is 24.2 Å². The smallest absolute Gasteiger partial charge is 0.218 e. The van der Waals surface area contributed by atoms with Crippen LogP contribution in [0, 0.1) is 11.3 Å². The van der Waals surface area contributed by atoms with E-state index in [-0.39, 0.29) is 6.07 Å². The summed E-state index contributed by atoms with van der Waals surface area (Å²) >= 11 is 2.51. The van der Waals surface area contributed by atoms with Crippen LogP contribution in [0.4, 0.5) is 43.9 Å². The molecule has 0 aliphatic carbocycles. The lowest BCUT2D eigenvalue weighted by atomic mass is 9.84. The molecule has 0 atom stereocenters. The van der Waals surface area contributed by atoms with Gasteiger partial charge in [0, 0.05) is 21.2 Å². The third kappa shape index (κ3) is 3.92. The summed E-state index contributed by atoms with van der Waals surface area (Å²) < 4.78 is 133. The van der Waals surface area contributed by atoms with Gasteiger partial charge in [0.1, 0.15) is 0 Å². The molecule has 0 N–H and O–H groups in total. The third-order valence-electron chi connectivity index (χ3n) is 3.89. The second-order valence-electron chi connectivity index (χ2n) is 5.69. The van der Waals surface area contributed by atoms with E-state index >= 15 is 0 Å². The van der Waals surface area contributed by atoms with Gasteiger partial charge in [-0.3, -0.25) is 0 Å². The van der Waals surface area contributed by atoms with E-state index in [1.165, 1.54) is 12.1 Å². The molecule has 0 heterocycles. The van der Waals surface area contributed by atoms with Crippen LogP contribution in [0.25, 0.3) is 11.1 Å². The summed E-state index contributed by atoms with van der Waals surface area (Å²) in [6.45, 7) is 0. The monoisotopic (exact) mass is 493 g/mol. The molecule has 0 saturated carbocycles. The van der Waals surface area contributed by atoms with Gasteiger partial charge in [0.2, 0.25) is 0 Å². The maximum atomic E-state index is 14.7. The minimum atomic E-state index is -6.65. The van der Waals surface area contributed by atoms with Crippen molar-refractivity contribution in [3.8, 4) is 17.2 Å². The van der Waals surface area contributed by atoms with Gasteiger partial charge in [0.25, 0.3) is 0 Å². The van der Waals surface area contributed by atoms with Crippen LogP contribution in [0.15, 0.2) is 40.9 Å². The van der Waals surface area contributed by atoms with Crippen molar-refractivity contribution in [2.75, 3.05) is 0 Å². The van der Waals surface area contributed by atoms with Gasteiger partial charge in [-0.25, -0.2) is 4.39 Å². The molecule has 156 valence electrons. The normalized spacial score (nSPS) is 13.3. The van der Waals surface area contributed by atoms with Crippen molar-refractivity contribution in [3.05, 3.63) is 57.6 Å². The van der Waals surface area contributed by atoms with E-state index < -0.39 is 62.6 Å². The second kappa shape index (κ2) is 7.19. The molecule has 0 aliphatic heterocycles. The van der Waals surface area contributed by atoms with Crippen molar-refractivity contribution in [1.29, 1.82) is 5.26 Å². The molecule has 2 aromatic carbocycles. The van der Waals surface area contributed by atoms with E-state index in [9.17, 15) is 43.9 Å². The van der Waals surface area contributed by atoms with Crippen LogP contribution in [0.3, 0.4) is 0 Å². The Morgan fingerprint density at radius 1 is 0.793 bits per heavy atom. The summed E-state index contributed by atoms with van der Waals surface area (Å²) in [5.41, 5.74) is -12.7. The Hall–Kier alpha value is -2.29. The van der Waals surface area contributed by atoms with Gasteiger partial charge >= 0.3 is 24.2 Å². The highest BCUT2D eigenvalue weighted by Crippen LogP contribution is 2.57. The molecule has 0 unspecified atom stereocenters. The second-order valence-corrected chi connectivity index (χ2v) is 6.54. The van der Waals surface area contributed by atoms with Gasteiger partial charge in [-0.05, 0) is 18.2 Å². The molecule has 0 fully saturated rings. The van der Waals surface area contributed by atoms with Crippen LogP contribution < -0.4 is 0 Å². The Labute approximate surface area is 164 Å². The van der Waals surface area contributed by atoms with Gasteiger partial charge in [-0.2, -0.15) is 44.8 Å². The lowest BCUT2D eigenvalue weighted by Gasteiger charge is -2.33. The Morgan fingerprint density at radius 2 is 1.31 bits per heavy atom.